The lowest BCUT2D eigenvalue weighted by molar-refractivity contribution is -0.141. The van der Waals surface area contributed by atoms with Crippen LogP contribution in [0.5, 0.6) is 0 Å². The van der Waals surface area contributed by atoms with E-state index < -0.39 is 30.4 Å². The molecular formula is C19H20ClF5N6. The quantitative estimate of drug-likeness (QED) is 0.557. The van der Waals surface area contributed by atoms with Crippen molar-refractivity contribution in [3.63, 3.8) is 0 Å². The van der Waals surface area contributed by atoms with Crippen molar-refractivity contribution in [1.29, 1.82) is 0 Å². The highest BCUT2D eigenvalue weighted by atomic mass is 35.5. The average Bonchev–Trinajstić information content (AvgIpc) is 3.17. The van der Waals surface area contributed by atoms with Crippen molar-refractivity contribution in [2.24, 2.45) is 0 Å². The molecule has 4 rings (SSSR count). The molecule has 1 fully saturated rings. The molecule has 0 saturated carbocycles. The Bertz CT molecular complexity index is 1010. The molecule has 1 saturated heterocycles. The zero-order valence-electron chi connectivity index (χ0n) is 16.2. The standard InChI is InChI=1S/C19H19F5N6.ClH/c20-18(21)10-30(7-4-12-1-2-15(26-9-12)19(22,23)24)8-5-14(18)29-17-13-3-6-25-16(13)27-11-28-17;/h1-3,6,9,11,14H,4-5,7-8,10H2,(H2,25,27,28,29);1H. The molecule has 4 heterocycles. The van der Waals surface area contributed by atoms with E-state index in [0.717, 1.165) is 12.3 Å². The second-order valence-corrected chi connectivity index (χ2v) is 7.28. The number of nitrogens with zero attached hydrogens (tertiary/aromatic N) is 4. The topological polar surface area (TPSA) is 69.7 Å². The third-order valence-corrected chi connectivity index (χ3v) is 5.18. The molecule has 1 aliphatic heterocycles. The molecule has 168 valence electrons. The van der Waals surface area contributed by atoms with Crippen LogP contribution < -0.4 is 5.32 Å². The summed E-state index contributed by atoms with van der Waals surface area (Å²) < 4.78 is 67.2. The number of pyridine rings is 1. The molecule has 0 aliphatic carbocycles. The maximum Gasteiger partial charge on any atom is 0.433 e. The van der Waals surface area contributed by atoms with Gasteiger partial charge in [0, 0.05) is 25.5 Å². The van der Waals surface area contributed by atoms with Gasteiger partial charge in [-0.3, -0.25) is 9.88 Å². The van der Waals surface area contributed by atoms with Crippen molar-refractivity contribution >= 4 is 29.3 Å². The number of alkyl halides is 5. The zero-order chi connectivity index (χ0) is 21.4. The average molecular weight is 463 g/mol. The van der Waals surface area contributed by atoms with Crippen molar-refractivity contribution in [2.45, 2.75) is 31.0 Å². The van der Waals surface area contributed by atoms with Crippen LogP contribution in [0.4, 0.5) is 27.8 Å². The first-order valence-corrected chi connectivity index (χ1v) is 9.39. The normalized spacial score (nSPS) is 19.2. The lowest BCUT2D eigenvalue weighted by atomic mass is 10.00. The molecule has 1 atom stereocenters. The van der Waals surface area contributed by atoms with Crippen LogP contribution in [0.15, 0.2) is 36.9 Å². The van der Waals surface area contributed by atoms with Crippen LogP contribution in [0.25, 0.3) is 11.0 Å². The highest BCUT2D eigenvalue weighted by molar-refractivity contribution is 5.86. The SMILES string of the molecule is Cl.FC(F)(F)c1ccc(CCN2CCC(Nc3ncnc4[nH]ccc34)C(F)(F)C2)cn1. The second kappa shape index (κ2) is 8.91. The number of fused-ring (bicyclic) bond motifs is 1. The predicted octanol–water partition coefficient (Wildman–Crippen LogP) is 4.16. The lowest BCUT2D eigenvalue weighted by Crippen LogP contribution is -2.54. The van der Waals surface area contributed by atoms with Crippen LogP contribution in [-0.4, -0.2) is 56.4 Å². The highest BCUT2D eigenvalue weighted by Crippen LogP contribution is 2.31. The van der Waals surface area contributed by atoms with E-state index in [4.69, 9.17) is 0 Å². The molecule has 0 bridgehead atoms. The van der Waals surface area contributed by atoms with Gasteiger partial charge < -0.3 is 10.3 Å². The van der Waals surface area contributed by atoms with Gasteiger partial charge in [-0.25, -0.2) is 18.7 Å². The number of likely N-dealkylation sites (tertiary alicyclic amines) is 1. The Morgan fingerprint density at radius 2 is 1.97 bits per heavy atom. The van der Waals surface area contributed by atoms with E-state index in [2.05, 4.69) is 25.3 Å². The predicted molar refractivity (Wildman–Crippen MR) is 107 cm³/mol. The van der Waals surface area contributed by atoms with Crippen molar-refractivity contribution < 1.29 is 22.0 Å². The van der Waals surface area contributed by atoms with Crippen LogP contribution >= 0.6 is 12.4 Å². The van der Waals surface area contributed by atoms with Crippen LogP contribution in [-0.2, 0) is 12.6 Å². The van der Waals surface area contributed by atoms with Gasteiger partial charge in [0.1, 0.15) is 23.5 Å². The Hall–Kier alpha value is -2.53. The molecule has 0 spiro atoms. The van der Waals surface area contributed by atoms with Crippen molar-refractivity contribution in [1.82, 2.24) is 24.8 Å². The van der Waals surface area contributed by atoms with Gasteiger partial charge in [-0.05, 0) is 30.5 Å². The van der Waals surface area contributed by atoms with Crippen molar-refractivity contribution in [2.75, 3.05) is 25.0 Å². The maximum atomic E-state index is 14.7. The molecule has 0 amide bonds. The van der Waals surface area contributed by atoms with Gasteiger partial charge >= 0.3 is 6.18 Å². The highest BCUT2D eigenvalue weighted by Gasteiger charge is 2.44. The summed E-state index contributed by atoms with van der Waals surface area (Å²) in [5, 5.41) is 3.49. The molecule has 1 aliphatic rings. The van der Waals surface area contributed by atoms with E-state index in [1.54, 1.807) is 17.2 Å². The smallest absolute Gasteiger partial charge is 0.361 e. The fraction of sp³-hybridized carbons (Fsp3) is 0.421. The third kappa shape index (κ3) is 5.21. The summed E-state index contributed by atoms with van der Waals surface area (Å²) >= 11 is 0. The molecule has 0 aromatic carbocycles. The van der Waals surface area contributed by atoms with Crippen molar-refractivity contribution in [3.8, 4) is 0 Å². The van der Waals surface area contributed by atoms with Crippen LogP contribution in [0, 0.1) is 0 Å². The summed E-state index contributed by atoms with van der Waals surface area (Å²) in [5.74, 6) is -2.64. The summed E-state index contributed by atoms with van der Waals surface area (Å²) in [4.78, 5) is 16.1. The number of rotatable bonds is 5. The number of anilines is 1. The van der Waals surface area contributed by atoms with Gasteiger partial charge in [0.2, 0.25) is 0 Å². The molecule has 2 N–H and O–H groups in total. The van der Waals surface area contributed by atoms with Crippen LogP contribution in [0.3, 0.4) is 0 Å². The first-order valence-electron chi connectivity index (χ1n) is 9.39. The number of hydrogen-bond donors (Lipinski definition) is 2. The van der Waals surface area contributed by atoms with Gasteiger partial charge in [-0.15, -0.1) is 12.4 Å². The molecule has 3 aromatic rings. The van der Waals surface area contributed by atoms with E-state index in [-0.39, 0.29) is 18.8 Å². The van der Waals surface area contributed by atoms with E-state index >= 15 is 0 Å². The molecule has 12 heteroatoms. The molecule has 1 unspecified atom stereocenters. The fourth-order valence-corrected chi connectivity index (χ4v) is 3.56. The number of hydrogen-bond acceptors (Lipinski definition) is 5. The van der Waals surface area contributed by atoms with E-state index in [9.17, 15) is 22.0 Å². The monoisotopic (exact) mass is 462 g/mol. The van der Waals surface area contributed by atoms with Gasteiger partial charge in [-0.2, -0.15) is 13.2 Å². The van der Waals surface area contributed by atoms with Gasteiger partial charge in [0.25, 0.3) is 5.92 Å². The molecular weight excluding hydrogens is 443 g/mol. The van der Waals surface area contributed by atoms with Crippen molar-refractivity contribution in [3.05, 3.63) is 48.2 Å². The fourth-order valence-electron chi connectivity index (χ4n) is 3.56. The number of aromatic nitrogens is 4. The Kier molecular flexibility index (Phi) is 6.65. The number of nitrogens with one attached hydrogen (secondary N) is 2. The Morgan fingerprint density at radius 1 is 1.16 bits per heavy atom. The largest absolute Gasteiger partial charge is 0.433 e. The molecule has 31 heavy (non-hydrogen) atoms. The van der Waals surface area contributed by atoms with E-state index in [0.29, 0.717) is 41.9 Å². The number of halogens is 6. The number of H-pyrrole nitrogens is 1. The Morgan fingerprint density at radius 3 is 2.65 bits per heavy atom. The molecule has 6 nitrogen and oxygen atoms in total. The van der Waals surface area contributed by atoms with Crippen LogP contribution in [0.1, 0.15) is 17.7 Å². The lowest BCUT2D eigenvalue weighted by Gasteiger charge is -2.38. The number of aromatic amines is 1. The summed E-state index contributed by atoms with van der Waals surface area (Å²) in [5.41, 5.74) is 0.173. The minimum absolute atomic E-state index is 0. The van der Waals surface area contributed by atoms with Gasteiger partial charge in [0.05, 0.1) is 18.0 Å². The first-order chi connectivity index (χ1) is 14.2. The van der Waals surface area contributed by atoms with E-state index in [1.807, 2.05) is 0 Å². The summed E-state index contributed by atoms with van der Waals surface area (Å²) in [6.07, 6.45) is 0.176. The Balaban J connectivity index is 0.00000272. The maximum absolute atomic E-state index is 14.7. The van der Waals surface area contributed by atoms with Gasteiger partial charge in [0.15, 0.2) is 0 Å². The minimum Gasteiger partial charge on any atom is -0.361 e. The van der Waals surface area contributed by atoms with Crippen LogP contribution in [0.2, 0.25) is 0 Å². The third-order valence-electron chi connectivity index (χ3n) is 5.18. The number of piperidine rings is 1. The molecule has 3 aromatic heterocycles. The zero-order valence-corrected chi connectivity index (χ0v) is 17.0. The Labute approximate surface area is 180 Å². The van der Waals surface area contributed by atoms with E-state index in [1.165, 1.54) is 12.4 Å². The first kappa shape index (κ1) is 23.1. The minimum atomic E-state index is -4.49. The summed E-state index contributed by atoms with van der Waals surface area (Å²) in [6, 6.07) is 2.89. The van der Waals surface area contributed by atoms with Gasteiger partial charge in [-0.1, -0.05) is 6.07 Å². The second-order valence-electron chi connectivity index (χ2n) is 7.28. The summed E-state index contributed by atoms with van der Waals surface area (Å²) in [7, 11) is 0. The molecule has 0 radical (unpaired) electrons. The summed E-state index contributed by atoms with van der Waals surface area (Å²) in [6.45, 7) is 0.299.